The van der Waals surface area contributed by atoms with E-state index in [9.17, 15) is 9.90 Å². The van der Waals surface area contributed by atoms with Crippen LogP contribution in [-0.4, -0.2) is 17.4 Å². The van der Waals surface area contributed by atoms with Crippen LogP contribution in [0.2, 0.25) is 0 Å². The van der Waals surface area contributed by atoms with Crippen molar-refractivity contribution in [2.75, 3.05) is 6.54 Å². The van der Waals surface area contributed by atoms with Crippen LogP contribution in [0.3, 0.4) is 0 Å². The lowest BCUT2D eigenvalue weighted by Gasteiger charge is -2.11. The molecule has 1 aliphatic rings. The number of hydrogen-bond acceptors (Lipinski definition) is 4. The molecule has 0 spiro atoms. The highest BCUT2D eigenvalue weighted by Gasteiger charge is 2.13. The molecule has 3 nitrogen and oxygen atoms in total. The minimum atomic E-state index is -0.493. The Kier molecular flexibility index (Phi) is 3.18. The summed E-state index contributed by atoms with van der Waals surface area (Å²) in [5, 5.41) is 16.7. The zero-order valence-electron chi connectivity index (χ0n) is 8.27. The van der Waals surface area contributed by atoms with Crippen LogP contribution in [0.5, 0.6) is 0 Å². The highest BCUT2D eigenvalue weighted by Crippen LogP contribution is 2.17. The van der Waals surface area contributed by atoms with Crippen LogP contribution in [0.15, 0.2) is 28.6 Å². The molecule has 80 valence electrons. The van der Waals surface area contributed by atoms with Crippen molar-refractivity contribution in [2.45, 2.75) is 18.9 Å². The van der Waals surface area contributed by atoms with E-state index in [0.29, 0.717) is 13.0 Å². The summed E-state index contributed by atoms with van der Waals surface area (Å²) in [5.41, 5.74) is 1.87. The minimum absolute atomic E-state index is 0.169. The Morgan fingerprint density at radius 1 is 1.53 bits per heavy atom. The molecule has 1 heterocycles. The minimum Gasteiger partial charge on any atom is -0.387 e. The summed E-state index contributed by atoms with van der Waals surface area (Å²) < 4.78 is 0. The first-order valence-corrected chi connectivity index (χ1v) is 5.87. The summed E-state index contributed by atoms with van der Waals surface area (Å²) in [6, 6.07) is 1.91. The molecule has 1 unspecified atom stereocenters. The van der Waals surface area contributed by atoms with E-state index < -0.39 is 6.10 Å². The van der Waals surface area contributed by atoms with Gasteiger partial charge in [0.1, 0.15) is 0 Å². The lowest BCUT2D eigenvalue weighted by Crippen LogP contribution is -2.19. The molecule has 4 heteroatoms. The first kappa shape index (κ1) is 10.4. The second-order valence-electron chi connectivity index (χ2n) is 3.59. The molecule has 0 aliphatic heterocycles. The average Bonchev–Trinajstić information content (AvgIpc) is 2.84. The zero-order valence-corrected chi connectivity index (χ0v) is 9.09. The molecule has 2 N–H and O–H groups in total. The van der Waals surface area contributed by atoms with Crippen LogP contribution >= 0.6 is 11.3 Å². The van der Waals surface area contributed by atoms with Crippen LogP contribution in [0.25, 0.3) is 0 Å². The number of ketones is 1. The molecule has 0 radical (unpaired) electrons. The highest BCUT2D eigenvalue weighted by atomic mass is 32.1. The molecular formula is C11H13NO2S. The molecule has 1 aromatic rings. The van der Waals surface area contributed by atoms with Crippen molar-refractivity contribution < 1.29 is 9.90 Å². The molecule has 1 aliphatic carbocycles. The molecule has 0 amide bonds. The van der Waals surface area contributed by atoms with Crippen LogP contribution in [0.1, 0.15) is 24.5 Å². The molecular weight excluding hydrogens is 210 g/mol. The Labute approximate surface area is 92.4 Å². The van der Waals surface area contributed by atoms with Gasteiger partial charge in [-0.05, 0) is 28.8 Å². The van der Waals surface area contributed by atoms with Crippen LogP contribution in [-0.2, 0) is 4.79 Å². The van der Waals surface area contributed by atoms with Crippen molar-refractivity contribution in [2.24, 2.45) is 0 Å². The molecule has 2 rings (SSSR count). The van der Waals surface area contributed by atoms with Crippen LogP contribution in [0, 0.1) is 0 Å². The van der Waals surface area contributed by atoms with Crippen LogP contribution < -0.4 is 5.32 Å². The summed E-state index contributed by atoms with van der Waals surface area (Å²) in [7, 11) is 0. The molecule has 0 bridgehead atoms. The fourth-order valence-electron chi connectivity index (χ4n) is 1.55. The number of hydrogen-bond donors (Lipinski definition) is 2. The van der Waals surface area contributed by atoms with Gasteiger partial charge in [-0.25, -0.2) is 0 Å². The Bertz CT molecular complexity index is 370. The van der Waals surface area contributed by atoms with Gasteiger partial charge in [0, 0.05) is 24.7 Å². The maximum Gasteiger partial charge on any atom is 0.157 e. The Morgan fingerprint density at radius 3 is 3.00 bits per heavy atom. The van der Waals surface area contributed by atoms with E-state index in [4.69, 9.17) is 0 Å². The van der Waals surface area contributed by atoms with E-state index in [-0.39, 0.29) is 5.78 Å². The molecule has 0 aromatic carbocycles. The van der Waals surface area contributed by atoms with Gasteiger partial charge in [-0.2, -0.15) is 11.3 Å². The summed E-state index contributed by atoms with van der Waals surface area (Å²) in [5.74, 6) is 0.169. The predicted molar refractivity (Wildman–Crippen MR) is 59.6 cm³/mol. The summed E-state index contributed by atoms with van der Waals surface area (Å²) in [4.78, 5) is 10.9. The molecule has 0 fully saturated rings. The molecule has 0 saturated heterocycles. The van der Waals surface area contributed by atoms with Crippen molar-refractivity contribution in [1.29, 1.82) is 0 Å². The van der Waals surface area contributed by atoms with Gasteiger partial charge in [-0.15, -0.1) is 0 Å². The molecule has 1 atom stereocenters. The zero-order chi connectivity index (χ0) is 10.7. The fraction of sp³-hybridized carbons (Fsp3) is 0.364. The van der Waals surface area contributed by atoms with Gasteiger partial charge in [0.25, 0.3) is 0 Å². The van der Waals surface area contributed by atoms with E-state index >= 15 is 0 Å². The SMILES string of the molecule is O=C1C=C(NCC(O)c2ccsc2)CC1. The second kappa shape index (κ2) is 4.59. The van der Waals surface area contributed by atoms with Gasteiger partial charge in [-0.3, -0.25) is 4.79 Å². The monoisotopic (exact) mass is 223 g/mol. The van der Waals surface area contributed by atoms with Crippen molar-refractivity contribution in [1.82, 2.24) is 5.32 Å². The van der Waals surface area contributed by atoms with Crippen molar-refractivity contribution in [3.63, 3.8) is 0 Å². The normalized spacial score (nSPS) is 17.7. The van der Waals surface area contributed by atoms with E-state index in [1.807, 2.05) is 16.8 Å². The van der Waals surface area contributed by atoms with E-state index in [1.165, 1.54) is 0 Å². The second-order valence-corrected chi connectivity index (χ2v) is 4.37. The fourth-order valence-corrected chi connectivity index (χ4v) is 2.25. The summed E-state index contributed by atoms with van der Waals surface area (Å²) in [6.07, 6.45) is 2.50. The van der Waals surface area contributed by atoms with Gasteiger partial charge < -0.3 is 10.4 Å². The molecule has 1 aromatic heterocycles. The number of aliphatic hydroxyl groups excluding tert-OH is 1. The van der Waals surface area contributed by atoms with Gasteiger partial charge in [0.2, 0.25) is 0 Å². The van der Waals surface area contributed by atoms with Crippen molar-refractivity contribution in [3.8, 4) is 0 Å². The average molecular weight is 223 g/mol. The first-order chi connectivity index (χ1) is 7.25. The maximum atomic E-state index is 10.9. The summed E-state index contributed by atoms with van der Waals surface area (Å²) in [6.45, 7) is 0.468. The van der Waals surface area contributed by atoms with E-state index in [0.717, 1.165) is 17.7 Å². The lowest BCUT2D eigenvalue weighted by molar-refractivity contribution is -0.114. The lowest BCUT2D eigenvalue weighted by atomic mass is 10.2. The number of carbonyl (C=O) groups is 1. The largest absolute Gasteiger partial charge is 0.387 e. The quantitative estimate of drug-likeness (QED) is 0.815. The third kappa shape index (κ3) is 2.67. The third-order valence-corrected chi connectivity index (χ3v) is 3.13. The number of allylic oxidation sites excluding steroid dienone is 2. The Balaban J connectivity index is 1.83. The number of aliphatic hydroxyl groups is 1. The maximum absolute atomic E-state index is 10.9. The summed E-state index contributed by atoms with van der Waals surface area (Å²) >= 11 is 1.57. The first-order valence-electron chi connectivity index (χ1n) is 4.93. The number of thiophene rings is 1. The topological polar surface area (TPSA) is 49.3 Å². The van der Waals surface area contributed by atoms with Crippen LogP contribution in [0.4, 0.5) is 0 Å². The van der Waals surface area contributed by atoms with Gasteiger partial charge in [0.15, 0.2) is 5.78 Å². The van der Waals surface area contributed by atoms with Crippen molar-refractivity contribution >= 4 is 17.1 Å². The smallest absolute Gasteiger partial charge is 0.157 e. The number of rotatable bonds is 4. The molecule has 0 saturated carbocycles. The van der Waals surface area contributed by atoms with Gasteiger partial charge in [-0.1, -0.05) is 0 Å². The van der Waals surface area contributed by atoms with Gasteiger partial charge >= 0.3 is 0 Å². The van der Waals surface area contributed by atoms with Crippen molar-refractivity contribution in [3.05, 3.63) is 34.2 Å². The predicted octanol–water partition coefficient (Wildman–Crippen LogP) is 1.62. The standard InChI is InChI=1S/C11H13NO2S/c13-10-2-1-9(5-10)12-6-11(14)8-3-4-15-7-8/h3-5,7,11-12,14H,1-2,6H2. The number of carbonyl (C=O) groups excluding carboxylic acids is 1. The van der Waals surface area contributed by atoms with E-state index in [1.54, 1.807) is 17.4 Å². The highest BCUT2D eigenvalue weighted by molar-refractivity contribution is 7.07. The Morgan fingerprint density at radius 2 is 2.40 bits per heavy atom. The Hall–Kier alpha value is -1.13. The van der Waals surface area contributed by atoms with Gasteiger partial charge in [0.05, 0.1) is 6.10 Å². The molecule has 15 heavy (non-hydrogen) atoms. The third-order valence-electron chi connectivity index (χ3n) is 2.43. The van der Waals surface area contributed by atoms with E-state index in [2.05, 4.69) is 5.32 Å². The number of nitrogens with one attached hydrogen (secondary N) is 1.